The summed E-state index contributed by atoms with van der Waals surface area (Å²) >= 11 is 1.64. The van der Waals surface area contributed by atoms with E-state index >= 15 is 0 Å². The van der Waals surface area contributed by atoms with Crippen LogP contribution < -0.4 is 10.6 Å². The number of urea groups is 1. The number of aliphatic carboxylic acids is 1. The maximum Gasteiger partial charge on any atom is 0.314 e. The van der Waals surface area contributed by atoms with Crippen molar-refractivity contribution < 1.29 is 14.7 Å². The van der Waals surface area contributed by atoms with Gasteiger partial charge in [0, 0.05) is 18.8 Å². The number of rotatable bonds is 6. The summed E-state index contributed by atoms with van der Waals surface area (Å²) in [6, 6.07) is -0.310. The van der Waals surface area contributed by atoms with Gasteiger partial charge in [0.1, 0.15) is 0 Å². The molecule has 6 heteroatoms. The number of carboxylic acids is 1. The van der Waals surface area contributed by atoms with Crippen molar-refractivity contribution >= 4 is 23.8 Å². The number of nitrogens with one attached hydrogen (secondary N) is 2. The van der Waals surface area contributed by atoms with Gasteiger partial charge in [-0.1, -0.05) is 0 Å². The van der Waals surface area contributed by atoms with E-state index in [1.807, 2.05) is 6.26 Å². The van der Waals surface area contributed by atoms with E-state index < -0.39 is 5.97 Å². The van der Waals surface area contributed by atoms with Gasteiger partial charge in [-0.2, -0.15) is 11.8 Å². The molecule has 0 rings (SSSR count). The Labute approximate surface area is 81.3 Å². The number of amides is 2. The summed E-state index contributed by atoms with van der Waals surface area (Å²) in [5.41, 5.74) is 0. The first kappa shape index (κ1) is 12.1. The number of hydrogen-bond donors (Lipinski definition) is 3. The number of carbonyl (C=O) groups excluding carboxylic acids is 1. The van der Waals surface area contributed by atoms with Crippen LogP contribution in [0.3, 0.4) is 0 Å². The second-order valence-corrected chi connectivity index (χ2v) is 3.30. The topological polar surface area (TPSA) is 78.4 Å². The standard InChI is InChI=1S/C7H14N2O3S/c1-13-5-4-9-7(12)8-3-2-6(10)11/h2-5H2,1H3,(H,10,11)(H2,8,9,12). The van der Waals surface area contributed by atoms with Crippen LogP contribution in [0, 0.1) is 0 Å². The summed E-state index contributed by atoms with van der Waals surface area (Å²) < 4.78 is 0. The second kappa shape index (κ2) is 7.72. The van der Waals surface area contributed by atoms with Gasteiger partial charge >= 0.3 is 12.0 Å². The van der Waals surface area contributed by atoms with Gasteiger partial charge < -0.3 is 15.7 Å². The van der Waals surface area contributed by atoms with Crippen molar-refractivity contribution in [1.82, 2.24) is 10.6 Å². The van der Waals surface area contributed by atoms with E-state index in [-0.39, 0.29) is 19.0 Å². The predicted octanol–water partition coefficient (Wildman–Crippen LogP) is 0.123. The zero-order chi connectivity index (χ0) is 10.1. The quantitative estimate of drug-likeness (QED) is 0.539. The summed E-state index contributed by atoms with van der Waals surface area (Å²) in [4.78, 5) is 20.9. The zero-order valence-corrected chi connectivity index (χ0v) is 8.32. The lowest BCUT2D eigenvalue weighted by Crippen LogP contribution is -2.37. The highest BCUT2D eigenvalue weighted by atomic mass is 32.2. The molecule has 0 saturated heterocycles. The molecule has 3 N–H and O–H groups in total. The maximum absolute atomic E-state index is 10.9. The first-order valence-electron chi connectivity index (χ1n) is 3.89. The first-order chi connectivity index (χ1) is 6.16. The molecule has 13 heavy (non-hydrogen) atoms. The zero-order valence-electron chi connectivity index (χ0n) is 7.50. The minimum absolute atomic E-state index is 0.0457. The van der Waals surface area contributed by atoms with E-state index in [0.29, 0.717) is 6.54 Å². The fourth-order valence-electron chi connectivity index (χ4n) is 0.612. The predicted molar refractivity (Wildman–Crippen MR) is 52.0 cm³/mol. The Hall–Kier alpha value is -0.910. The molecule has 0 spiro atoms. The third kappa shape index (κ3) is 9.00. The Morgan fingerprint density at radius 2 is 1.92 bits per heavy atom. The van der Waals surface area contributed by atoms with Crippen molar-refractivity contribution in [3.63, 3.8) is 0 Å². The van der Waals surface area contributed by atoms with Crippen LogP contribution in [0.1, 0.15) is 6.42 Å². The molecule has 5 nitrogen and oxygen atoms in total. The molecule has 0 aromatic rings. The molecule has 0 aliphatic rings. The Morgan fingerprint density at radius 1 is 1.31 bits per heavy atom. The Balaban J connectivity index is 3.25. The minimum atomic E-state index is -0.913. The van der Waals surface area contributed by atoms with Crippen molar-refractivity contribution in [1.29, 1.82) is 0 Å². The number of hydrogen-bond acceptors (Lipinski definition) is 3. The Kier molecular flexibility index (Phi) is 7.18. The molecule has 0 radical (unpaired) electrons. The molecule has 0 unspecified atom stereocenters. The maximum atomic E-state index is 10.9. The lowest BCUT2D eigenvalue weighted by molar-refractivity contribution is -0.136. The van der Waals surface area contributed by atoms with Gasteiger partial charge in [0.2, 0.25) is 0 Å². The van der Waals surface area contributed by atoms with E-state index in [2.05, 4.69) is 10.6 Å². The third-order valence-electron chi connectivity index (χ3n) is 1.22. The monoisotopic (exact) mass is 206 g/mol. The van der Waals surface area contributed by atoms with Crippen molar-refractivity contribution in [2.24, 2.45) is 0 Å². The van der Waals surface area contributed by atoms with Gasteiger partial charge in [-0.15, -0.1) is 0 Å². The summed E-state index contributed by atoms with van der Waals surface area (Å²) in [7, 11) is 0. The third-order valence-corrected chi connectivity index (χ3v) is 1.83. The summed E-state index contributed by atoms with van der Waals surface area (Å²) in [6.45, 7) is 0.764. The summed E-state index contributed by atoms with van der Waals surface area (Å²) in [6.07, 6.45) is 1.90. The normalized spacial score (nSPS) is 9.31. The highest BCUT2D eigenvalue weighted by Gasteiger charge is 2.00. The average Bonchev–Trinajstić information content (AvgIpc) is 2.04. The molecule has 0 saturated carbocycles. The van der Waals surface area contributed by atoms with Crippen molar-refractivity contribution in [3.8, 4) is 0 Å². The highest BCUT2D eigenvalue weighted by Crippen LogP contribution is 1.86. The van der Waals surface area contributed by atoms with Gasteiger partial charge in [0.25, 0.3) is 0 Å². The molecule has 0 aromatic heterocycles. The molecular weight excluding hydrogens is 192 g/mol. The van der Waals surface area contributed by atoms with Crippen LogP contribution in [0.15, 0.2) is 0 Å². The molecule has 0 aliphatic heterocycles. The van der Waals surface area contributed by atoms with Gasteiger partial charge in [-0.05, 0) is 6.26 Å². The number of carboxylic acid groups (broad SMARTS) is 1. The minimum Gasteiger partial charge on any atom is -0.481 e. The van der Waals surface area contributed by atoms with Gasteiger partial charge in [-0.25, -0.2) is 4.79 Å². The fraction of sp³-hybridized carbons (Fsp3) is 0.714. The summed E-state index contributed by atoms with van der Waals surface area (Å²) in [5.74, 6) is -0.0591. The van der Waals surface area contributed by atoms with Crippen LogP contribution in [0.4, 0.5) is 4.79 Å². The van der Waals surface area contributed by atoms with Crippen LogP contribution in [0.25, 0.3) is 0 Å². The van der Waals surface area contributed by atoms with Gasteiger partial charge in [0.05, 0.1) is 6.42 Å². The van der Waals surface area contributed by atoms with Gasteiger partial charge in [0.15, 0.2) is 0 Å². The second-order valence-electron chi connectivity index (χ2n) is 2.32. The molecule has 76 valence electrons. The molecule has 0 bridgehead atoms. The van der Waals surface area contributed by atoms with Gasteiger partial charge in [-0.3, -0.25) is 4.79 Å². The summed E-state index contributed by atoms with van der Waals surface area (Å²) in [5, 5.41) is 13.3. The molecular formula is C7H14N2O3S. The smallest absolute Gasteiger partial charge is 0.314 e. The van der Waals surface area contributed by atoms with Crippen LogP contribution in [0.2, 0.25) is 0 Å². The van der Waals surface area contributed by atoms with E-state index in [9.17, 15) is 9.59 Å². The van der Waals surface area contributed by atoms with Crippen LogP contribution >= 0.6 is 11.8 Å². The lowest BCUT2D eigenvalue weighted by Gasteiger charge is -2.04. The first-order valence-corrected chi connectivity index (χ1v) is 5.28. The van der Waals surface area contributed by atoms with Crippen molar-refractivity contribution in [2.45, 2.75) is 6.42 Å². The molecule has 0 atom stereocenters. The van der Waals surface area contributed by atoms with Crippen LogP contribution in [-0.2, 0) is 4.79 Å². The highest BCUT2D eigenvalue weighted by molar-refractivity contribution is 7.98. The Morgan fingerprint density at radius 3 is 2.46 bits per heavy atom. The van der Waals surface area contributed by atoms with Crippen molar-refractivity contribution in [2.75, 3.05) is 25.1 Å². The van der Waals surface area contributed by atoms with Crippen LogP contribution in [0.5, 0.6) is 0 Å². The lowest BCUT2D eigenvalue weighted by atomic mass is 10.4. The molecule has 0 heterocycles. The van der Waals surface area contributed by atoms with Crippen LogP contribution in [-0.4, -0.2) is 42.2 Å². The van der Waals surface area contributed by atoms with E-state index in [1.54, 1.807) is 11.8 Å². The molecule has 0 aromatic carbocycles. The van der Waals surface area contributed by atoms with E-state index in [4.69, 9.17) is 5.11 Å². The van der Waals surface area contributed by atoms with E-state index in [1.165, 1.54) is 0 Å². The fourth-order valence-corrected chi connectivity index (χ4v) is 0.918. The Bertz CT molecular complexity index is 175. The number of carbonyl (C=O) groups is 2. The SMILES string of the molecule is CSCCNC(=O)NCCC(=O)O. The number of thioether (sulfide) groups is 1. The molecule has 0 aliphatic carbocycles. The largest absolute Gasteiger partial charge is 0.481 e. The van der Waals surface area contributed by atoms with E-state index in [0.717, 1.165) is 5.75 Å². The molecule has 2 amide bonds. The average molecular weight is 206 g/mol. The van der Waals surface area contributed by atoms with Crippen molar-refractivity contribution in [3.05, 3.63) is 0 Å². The molecule has 0 fully saturated rings.